The third-order valence-electron chi connectivity index (χ3n) is 5.85. The normalized spacial score (nSPS) is 19.7. The molecule has 1 amide bonds. The quantitative estimate of drug-likeness (QED) is 0.560. The molecule has 0 aliphatic heterocycles. The molecule has 0 aromatic carbocycles. The van der Waals surface area contributed by atoms with E-state index >= 15 is 0 Å². The van der Waals surface area contributed by atoms with Gasteiger partial charge in [0.2, 0.25) is 0 Å². The first-order valence-corrected chi connectivity index (χ1v) is 10.4. The third kappa shape index (κ3) is 4.03. The molecule has 3 heterocycles. The van der Waals surface area contributed by atoms with E-state index in [4.69, 9.17) is 11.6 Å². The second kappa shape index (κ2) is 8.29. The molecule has 160 valence electrons. The zero-order valence-electron chi connectivity index (χ0n) is 16.7. The van der Waals surface area contributed by atoms with Crippen molar-refractivity contribution in [2.24, 2.45) is 11.8 Å². The second-order valence-corrected chi connectivity index (χ2v) is 8.44. The molecule has 1 aliphatic carbocycles. The first-order chi connectivity index (χ1) is 14.3. The number of anilines is 1. The van der Waals surface area contributed by atoms with Crippen LogP contribution in [0.3, 0.4) is 0 Å². The van der Waals surface area contributed by atoms with E-state index in [1.807, 2.05) is 0 Å². The van der Waals surface area contributed by atoms with Crippen molar-refractivity contribution < 1.29 is 13.6 Å². The number of alkyl halides is 2. The zero-order valence-corrected chi connectivity index (χ0v) is 17.5. The summed E-state index contributed by atoms with van der Waals surface area (Å²) in [5, 5.41) is 10.9. The van der Waals surface area contributed by atoms with E-state index < -0.39 is 18.0 Å². The minimum atomic E-state index is -2.80. The number of amides is 1. The monoisotopic (exact) mass is 436 g/mol. The van der Waals surface area contributed by atoms with Gasteiger partial charge >= 0.3 is 0 Å². The van der Waals surface area contributed by atoms with Crippen LogP contribution < -0.4 is 5.32 Å². The topological polar surface area (TPSA) is 77.1 Å². The molecular weight excluding hydrogens is 414 g/mol. The maximum Gasteiger partial charge on any atom is 0.284 e. The molecule has 10 heteroatoms. The minimum absolute atomic E-state index is 0.00219. The highest BCUT2D eigenvalue weighted by Gasteiger charge is 2.28. The lowest BCUT2D eigenvalue weighted by molar-refractivity contribution is 0.102. The van der Waals surface area contributed by atoms with Crippen molar-refractivity contribution in [3.63, 3.8) is 0 Å². The molecule has 3 aromatic heterocycles. The van der Waals surface area contributed by atoms with Crippen LogP contribution in [-0.2, 0) is 0 Å². The van der Waals surface area contributed by atoms with E-state index in [1.165, 1.54) is 23.0 Å². The summed E-state index contributed by atoms with van der Waals surface area (Å²) in [4.78, 5) is 16.8. The molecule has 1 fully saturated rings. The molecule has 0 radical (unpaired) electrons. The number of hydrogen-bond acceptors (Lipinski definition) is 4. The molecule has 4 rings (SSSR count). The van der Waals surface area contributed by atoms with Crippen LogP contribution in [0.15, 0.2) is 24.7 Å². The molecular formula is C20H23ClF2N6O. The van der Waals surface area contributed by atoms with Crippen LogP contribution >= 0.6 is 11.6 Å². The Kier molecular flexibility index (Phi) is 5.73. The third-order valence-corrected chi connectivity index (χ3v) is 6.06. The van der Waals surface area contributed by atoms with Gasteiger partial charge in [-0.25, -0.2) is 18.3 Å². The smallest absolute Gasteiger partial charge is 0.284 e. The van der Waals surface area contributed by atoms with E-state index in [1.54, 1.807) is 10.9 Å². The Bertz CT molecular complexity index is 1050. The fourth-order valence-electron chi connectivity index (χ4n) is 4.08. The summed E-state index contributed by atoms with van der Waals surface area (Å²) >= 11 is 5.90. The van der Waals surface area contributed by atoms with Gasteiger partial charge < -0.3 is 5.32 Å². The lowest BCUT2D eigenvalue weighted by Crippen LogP contribution is -2.21. The van der Waals surface area contributed by atoms with Crippen LogP contribution in [0.25, 0.3) is 5.65 Å². The lowest BCUT2D eigenvalue weighted by atomic mass is 9.80. The van der Waals surface area contributed by atoms with Gasteiger partial charge in [-0.3, -0.25) is 9.48 Å². The maximum atomic E-state index is 13.6. The number of carbonyl (C=O) groups excluding carboxylic acids is 1. The van der Waals surface area contributed by atoms with E-state index in [0.717, 1.165) is 25.7 Å². The van der Waals surface area contributed by atoms with Crippen molar-refractivity contribution in [1.82, 2.24) is 24.4 Å². The first-order valence-electron chi connectivity index (χ1n) is 10.0. The Morgan fingerprint density at radius 3 is 2.67 bits per heavy atom. The van der Waals surface area contributed by atoms with Crippen molar-refractivity contribution in [2.45, 2.75) is 52.0 Å². The number of rotatable bonds is 5. The SMILES string of the molecule is CC(C)C1CCC(n2cc(NC(=O)c3cnn4ccc(Cl)nc34)c(C(F)F)n2)CC1. The van der Waals surface area contributed by atoms with Crippen molar-refractivity contribution in [2.75, 3.05) is 5.32 Å². The average molecular weight is 437 g/mol. The average Bonchev–Trinajstić information content (AvgIpc) is 3.32. The Hall–Kier alpha value is -2.55. The minimum Gasteiger partial charge on any atom is -0.319 e. The number of hydrogen-bond donors (Lipinski definition) is 1. The molecule has 3 aromatic rings. The van der Waals surface area contributed by atoms with E-state index in [0.29, 0.717) is 11.8 Å². The van der Waals surface area contributed by atoms with Crippen molar-refractivity contribution in [1.29, 1.82) is 0 Å². The summed E-state index contributed by atoms with van der Waals surface area (Å²) in [6, 6.07) is 1.59. The number of halogens is 3. The largest absolute Gasteiger partial charge is 0.319 e. The van der Waals surface area contributed by atoms with Crippen molar-refractivity contribution >= 4 is 28.8 Å². The zero-order chi connectivity index (χ0) is 21.4. The predicted octanol–water partition coefficient (Wildman–Crippen LogP) is 5.16. The lowest BCUT2D eigenvalue weighted by Gasteiger charge is -2.30. The first kappa shape index (κ1) is 20.7. The molecule has 30 heavy (non-hydrogen) atoms. The summed E-state index contributed by atoms with van der Waals surface area (Å²) in [6.45, 7) is 4.42. The molecule has 7 nitrogen and oxygen atoms in total. The molecule has 0 saturated heterocycles. The van der Waals surface area contributed by atoms with Gasteiger partial charge in [0.25, 0.3) is 12.3 Å². The second-order valence-electron chi connectivity index (χ2n) is 8.05. The van der Waals surface area contributed by atoms with Crippen LogP contribution in [-0.4, -0.2) is 30.3 Å². The molecule has 1 saturated carbocycles. The fourth-order valence-corrected chi connectivity index (χ4v) is 4.22. The van der Waals surface area contributed by atoms with Crippen LogP contribution in [0.2, 0.25) is 5.15 Å². The summed E-state index contributed by atoms with van der Waals surface area (Å²) < 4.78 is 30.2. The van der Waals surface area contributed by atoms with Gasteiger partial charge in [0, 0.05) is 12.4 Å². The number of aromatic nitrogens is 5. The standard InChI is InChI=1S/C20H23ClF2N6O/c1-11(2)12-3-5-13(6-4-12)29-10-15(17(27-29)18(22)23)25-20(30)14-9-24-28-8-7-16(21)26-19(14)28/h7-13,18H,3-6H2,1-2H3,(H,25,30). The van der Waals surface area contributed by atoms with Gasteiger partial charge in [-0.05, 0) is 43.6 Å². The summed E-state index contributed by atoms with van der Waals surface area (Å²) in [5.74, 6) is 0.674. The Labute approximate surface area is 177 Å². The highest BCUT2D eigenvalue weighted by atomic mass is 35.5. The number of nitrogens with one attached hydrogen (secondary N) is 1. The molecule has 1 N–H and O–H groups in total. The molecule has 1 aliphatic rings. The molecule has 0 atom stereocenters. The highest BCUT2D eigenvalue weighted by molar-refractivity contribution is 6.29. The van der Waals surface area contributed by atoms with Crippen LogP contribution in [0.1, 0.15) is 68.0 Å². The van der Waals surface area contributed by atoms with Gasteiger partial charge in [0.1, 0.15) is 10.7 Å². The molecule has 0 unspecified atom stereocenters. The Balaban J connectivity index is 1.56. The van der Waals surface area contributed by atoms with Crippen LogP contribution in [0.5, 0.6) is 0 Å². The van der Waals surface area contributed by atoms with Gasteiger partial charge in [0.15, 0.2) is 11.3 Å². The van der Waals surface area contributed by atoms with Gasteiger partial charge in [-0.1, -0.05) is 25.4 Å². The molecule has 0 spiro atoms. The summed E-state index contributed by atoms with van der Waals surface area (Å²) in [7, 11) is 0. The predicted molar refractivity (Wildman–Crippen MR) is 109 cm³/mol. The summed E-state index contributed by atoms with van der Waals surface area (Å²) in [6.07, 6.45) is 5.46. The van der Waals surface area contributed by atoms with E-state index in [9.17, 15) is 13.6 Å². The fraction of sp³-hybridized carbons (Fsp3) is 0.500. The Morgan fingerprint density at radius 1 is 1.27 bits per heavy atom. The van der Waals surface area contributed by atoms with Crippen LogP contribution in [0, 0.1) is 11.8 Å². The summed E-state index contributed by atoms with van der Waals surface area (Å²) in [5.41, 5.74) is -0.0416. The number of fused-ring (bicyclic) bond motifs is 1. The van der Waals surface area contributed by atoms with E-state index in [-0.39, 0.29) is 28.1 Å². The number of carbonyl (C=O) groups is 1. The van der Waals surface area contributed by atoms with Crippen molar-refractivity contribution in [3.05, 3.63) is 41.1 Å². The number of nitrogens with zero attached hydrogens (tertiary/aromatic N) is 5. The van der Waals surface area contributed by atoms with Gasteiger partial charge in [-0.2, -0.15) is 10.2 Å². The Morgan fingerprint density at radius 2 is 2.00 bits per heavy atom. The van der Waals surface area contributed by atoms with Crippen molar-refractivity contribution in [3.8, 4) is 0 Å². The highest BCUT2D eigenvalue weighted by Crippen LogP contribution is 2.37. The molecule has 0 bridgehead atoms. The van der Waals surface area contributed by atoms with Gasteiger partial charge in [0.05, 0.1) is 17.9 Å². The van der Waals surface area contributed by atoms with Gasteiger partial charge in [-0.15, -0.1) is 0 Å². The van der Waals surface area contributed by atoms with E-state index in [2.05, 4.69) is 34.3 Å². The maximum absolute atomic E-state index is 13.6. The van der Waals surface area contributed by atoms with Crippen LogP contribution in [0.4, 0.5) is 14.5 Å².